The summed E-state index contributed by atoms with van der Waals surface area (Å²) in [5, 5.41) is 6.76. The van der Waals surface area contributed by atoms with Crippen LogP contribution in [0, 0.1) is 13.8 Å². The highest BCUT2D eigenvalue weighted by Crippen LogP contribution is 2.49. The Labute approximate surface area is 164 Å². The van der Waals surface area contributed by atoms with Gasteiger partial charge in [0, 0.05) is 17.1 Å². The van der Waals surface area contributed by atoms with E-state index in [1.54, 1.807) is 26.0 Å². The van der Waals surface area contributed by atoms with Crippen molar-refractivity contribution >= 4 is 21.6 Å². The molecule has 0 amide bonds. The minimum atomic E-state index is -5.02. The Hall–Kier alpha value is -2.04. The van der Waals surface area contributed by atoms with Gasteiger partial charge in [0.25, 0.3) is 5.60 Å². The van der Waals surface area contributed by atoms with Crippen molar-refractivity contribution in [3.05, 3.63) is 50.8 Å². The fourth-order valence-electron chi connectivity index (χ4n) is 3.12. The Morgan fingerprint density at radius 3 is 2.11 bits per heavy atom. The molecule has 0 bridgehead atoms. The second kappa shape index (κ2) is 6.50. The van der Waals surface area contributed by atoms with Crippen LogP contribution in [-0.4, -0.2) is 21.7 Å². The molecule has 0 aliphatic carbocycles. The third kappa shape index (κ3) is 3.29. The van der Waals surface area contributed by atoms with E-state index >= 15 is 0 Å². The van der Waals surface area contributed by atoms with Crippen LogP contribution in [-0.2, 0) is 23.7 Å². The minimum Gasteiger partial charge on any atom is -0.372 e. The van der Waals surface area contributed by atoms with Crippen molar-refractivity contribution < 1.29 is 31.2 Å². The average molecular weight is 470 g/mol. The fourth-order valence-corrected chi connectivity index (χ4v) is 3.35. The molecule has 0 spiro atoms. The summed E-state index contributed by atoms with van der Waals surface area (Å²) in [7, 11) is 1.01. The number of halogens is 7. The van der Waals surface area contributed by atoms with Crippen molar-refractivity contribution in [1.82, 2.24) is 9.78 Å². The molecule has 1 aliphatic heterocycles. The van der Waals surface area contributed by atoms with Crippen LogP contribution in [0.1, 0.15) is 34.5 Å². The van der Waals surface area contributed by atoms with E-state index in [1.807, 2.05) is 0 Å². The molecule has 4 nitrogen and oxygen atoms in total. The Morgan fingerprint density at radius 1 is 1.07 bits per heavy atom. The SMILES string of the molecule is Cc1cc(C2=NOC(c3cc(C(F)(F)F)nn3C)(C(F)(F)F)C2)cc(C)c1Br. The van der Waals surface area contributed by atoms with E-state index in [2.05, 4.69) is 26.2 Å². The summed E-state index contributed by atoms with van der Waals surface area (Å²) in [6.07, 6.45) is -10.7. The van der Waals surface area contributed by atoms with Crippen molar-refractivity contribution in [2.24, 2.45) is 12.2 Å². The number of hydrogen-bond donors (Lipinski definition) is 0. The summed E-state index contributed by atoms with van der Waals surface area (Å²) in [5.74, 6) is 0. The predicted molar refractivity (Wildman–Crippen MR) is 91.8 cm³/mol. The quantitative estimate of drug-likeness (QED) is 0.552. The first-order valence-corrected chi connectivity index (χ1v) is 8.76. The van der Waals surface area contributed by atoms with Crippen molar-refractivity contribution in [3.8, 4) is 0 Å². The first-order valence-electron chi connectivity index (χ1n) is 7.97. The summed E-state index contributed by atoms with van der Waals surface area (Å²) >= 11 is 3.37. The topological polar surface area (TPSA) is 39.4 Å². The van der Waals surface area contributed by atoms with Crippen LogP contribution in [0.2, 0.25) is 0 Å². The summed E-state index contributed by atoms with van der Waals surface area (Å²) in [6.45, 7) is 3.54. The number of benzene rings is 1. The van der Waals surface area contributed by atoms with Gasteiger partial charge in [-0.25, -0.2) is 0 Å². The van der Waals surface area contributed by atoms with Gasteiger partial charge in [-0.3, -0.25) is 4.68 Å². The zero-order valence-corrected chi connectivity index (χ0v) is 16.4. The Kier molecular flexibility index (Phi) is 4.80. The van der Waals surface area contributed by atoms with Crippen molar-refractivity contribution in [3.63, 3.8) is 0 Å². The standard InChI is InChI=1S/C17H14BrF6N3O/c1-8-4-10(5-9(2)14(8)18)11-7-15(28-26-11,17(22,23)24)13-6-12(16(19,20)21)25-27(13)3/h4-6H,7H2,1-3H3. The monoisotopic (exact) mass is 469 g/mol. The second-order valence-electron chi connectivity index (χ2n) is 6.59. The van der Waals surface area contributed by atoms with Gasteiger partial charge < -0.3 is 4.84 Å². The lowest BCUT2D eigenvalue weighted by molar-refractivity contribution is -0.278. The maximum atomic E-state index is 14.0. The summed E-state index contributed by atoms with van der Waals surface area (Å²) in [5.41, 5.74) is -3.29. The van der Waals surface area contributed by atoms with Crippen LogP contribution in [0.4, 0.5) is 26.3 Å². The second-order valence-corrected chi connectivity index (χ2v) is 7.38. The van der Waals surface area contributed by atoms with E-state index in [-0.39, 0.29) is 5.71 Å². The van der Waals surface area contributed by atoms with Gasteiger partial charge in [0.15, 0.2) is 5.69 Å². The molecular formula is C17H14BrF6N3O. The molecule has 2 aromatic rings. The fraction of sp³-hybridized carbons (Fsp3) is 0.412. The molecular weight excluding hydrogens is 456 g/mol. The van der Waals surface area contributed by atoms with Gasteiger partial charge in [-0.2, -0.15) is 31.4 Å². The van der Waals surface area contributed by atoms with Crippen LogP contribution in [0.15, 0.2) is 27.8 Å². The lowest BCUT2D eigenvalue weighted by Crippen LogP contribution is -2.44. The zero-order valence-electron chi connectivity index (χ0n) is 14.8. The molecule has 0 fully saturated rings. The maximum Gasteiger partial charge on any atom is 0.437 e. The molecule has 11 heteroatoms. The number of oxime groups is 1. The molecule has 28 heavy (non-hydrogen) atoms. The van der Waals surface area contributed by atoms with Gasteiger partial charge in [-0.1, -0.05) is 21.1 Å². The molecule has 1 atom stereocenters. The van der Waals surface area contributed by atoms with E-state index in [1.165, 1.54) is 0 Å². The van der Waals surface area contributed by atoms with E-state index in [4.69, 9.17) is 4.84 Å². The van der Waals surface area contributed by atoms with Crippen LogP contribution in [0.25, 0.3) is 0 Å². The van der Waals surface area contributed by atoms with Gasteiger partial charge in [0.1, 0.15) is 0 Å². The highest BCUT2D eigenvalue weighted by Gasteiger charge is 2.64. The largest absolute Gasteiger partial charge is 0.437 e. The van der Waals surface area contributed by atoms with Gasteiger partial charge >= 0.3 is 12.4 Å². The molecule has 0 saturated heterocycles. The van der Waals surface area contributed by atoms with Crippen LogP contribution in [0.5, 0.6) is 0 Å². The first-order chi connectivity index (χ1) is 12.8. The van der Waals surface area contributed by atoms with Gasteiger partial charge in [0.05, 0.1) is 17.8 Å². The molecule has 3 rings (SSSR count). The predicted octanol–water partition coefficient (Wildman–Crippen LogP) is 5.40. The summed E-state index contributed by atoms with van der Waals surface area (Å²) in [6, 6.07) is 3.62. The summed E-state index contributed by atoms with van der Waals surface area (Å²) in [4.78, 5) is 4.80. The number of rotatable bonds is 2. The molecule has 0 saturated carbocycles. The minimum absolute atomic E-state index is 0.00853. The molecule has 0 radical (unpaired) electrons. The Balaban J connectivity index is 2.07. The molecule has 1 aromatic carbocycles. The summed E-state index contributed by atoms with van der Waals surface area (Å²) < 4.78 is 82.0. The number of nitrogens with zero attached hydrogens (tertiary/aromatic N) is 3. The molecule has 0 N–H and O–H groups in total. The highest BCUT2D eigenvalue weighted by atomic mass is 79.9. The lowest BCUT2D eigenvalue weighted by Gasteiger charge is -2.28. The van der Waals surface area contributed by atoms with Gasteiger partial charge in [-0.15, -0.1) is 0 Å². The number of aromatic nitrogens is 2. The average Bonchev–Trinajstić information content (AvgIpc) is 3.16. The van der Waals surface area contributed by atoms with Crippen molar-refractivity contribution in [2.75, 3.05) is 0 Å². The smallest absolute Gasteiger partial charge is 0.372 e. The zero-order chi connectivity index (χ0) is 21.1. The lowest BCUT2D eigenvalue weighted by atomic mass is 9.89. The normalized spacial score (nSPS) is 20.3. The van der Waals surface area contributed by atoms with Crippen LogP contribution in [0.3, 0.4) is 0 Å². The third-order valence-corrected chi connectivity index (χ3v) is 5.79. The number of hydrogen-bond acceptors (Lipinski definition) is 3. The molecule has 1 aliphatic rings. The van der Waals surface area contributed by atoms with Gasteiger partial charge in [-0.05, 0) is 43.2 Å². The Bertz CT molecular complexity index is 940. The molecule has 1 unspecified atom stereocenters. The highest BCUT2D eigenvalue weighted by molar-refractivity contribution is 9.10. The van der Waals surface area contributed by atoms with Crippen molar-refractivity contribution in [2.45, 2.75) is 38.2 Å². The van der Waals surface area contributed by atoms with E-state index in [0.717, 1.165) is 22.6 Å². The van der Waals surface area contributed by atoms with Crippen LogP contribution >= 0.6 is 15.9 Å². The van der Waals surface area contributed by atoms with E-state index in [0.29, 0.717) is 16.3 Å². The molecule has 1 aromatic heterocycles. The molecule has 152 valence electrons. The van der Waals surface area contributed by atoms with Gasteiger partial charge in [0.2, 0.25) is 0 Å². The number of aryl methyl sites for hydroxylation is 3. The maximum absolute atomic E-state index is 14.0. The van der Waals surface area contributed by atoms with E-state index in [9.17, 15) is 26.3 Å². The molecule has 2 heterocycles. The third-order valence-electron chi connectivity index (χ3n) is 4.54. The van der Waals surface area contributed by atoms with E-state index < -0.39 is 35.8 Å². The Morgan fingerprint density at radius 2 is 1.64 bits per heavy atom. The van der Waals surface area contributed by atoms with Crippen LogP contribution < -0.4 is 0 Å². The first kappa shape index (κ1) is 20.7. The van der Waals surface area contributed by atoms with Crippen molar-refractivity contribution in [1.29, 1.82) is 0 Å². The number of alkyl halides is 6.